The van der Waals surface area contributed by atoms with Crippen LogP contribution in [0.5, 0.6) is 0 Å². The summed E-state index contributed by atoms with van der Waals surface area (Å²) in [7, 11) is 0. The van der Waals surface area contributed by atoms with Crippen LogP contribution < -0.4 is 11.0 Å². The van der Waals surface area contributed by atoms with Gasteiger partial charge in [-0.15, -0.1) is 0 Å². The molecular formula is C17H22N6O2. The molecule has 3 N–H and O–H groups in total. The number of aromatic amines is 1. The van der Waals surface area contributed by atoms with Crippen LogP contribution in [0.2, 0.25) is 0 Å². The first kappa shape index (κ1) is 16.0. The van der Waals surface area contributed by atoms with E-state index in [-0.39, 0.29) is 17.8 Å². The van der Waals surface area contributed by atoms with E-state index in [2.05, 4.69) is 27.3 Å². The number of imidazole rings is 1. The topological polar surface area (TPSA) is 101 Å². The fourth-order valence-corrected chi connectivity index (χ4v) is 3.64. The summed E-state index contributed by atoms with van der Waals surface area (Å²) < 4.78 is 3.53. The first-order valence-corrected chi connectivity index (χ1v) is 8.61. The van der Waals surface area contributed by atoms with Crippen LogP contribution in [0.3, 0.4) is 0 Å². The van der Waals surface area contributed by atoms with E-state index in [1.165, 1.54) is 6.33 Å². The van der Waals surface area contributed by atoms with Gasteiger partial charge in [-0.25, -0.2) is 9.78 Å². The molecule has 8 nitrogen and oxygen atoms in total. The van der Waals surface area contributed by atoms with E-state index in [0.717, 1.165) is 29.6 Å². The van der Waals surface area contributed by atoms with E-state index in [4.69, 9.17) is 0 Å². The standard InChI is InChI=1S/C17H22N6O2/c1-11(5-7-22-10-18-9-19-22)20-14-6-8-23-15-12(16(14)24)3-2-4-13(15)21-17(23)25/h2-4,9-11,14,16,20,24H,5-8H2,1H3,(H,21,25)/t11-,14-,16-/m1/s1. The molecule has 1 aromatic carbocycles. The minimum absolute atomic E-state index is 0.101. The van der Waals surface area contributed by atoms with Gasteiger partial charge in [0.1, 0.15) is 12.7 Å². The Labute approximate surface area is 144 Å². The molecule has 0 aliphatic carbocycles. The molecule has 4 rings (SSSR count). The van der Waals surface area contributed by atoms with Crippen molar-refractivity contribution in [3.05, 3.63) is 46.9 Å². The highest BCUT2D eigenvalue weighted by molar-refractivity contribution is 5.79. The van der Waals surface area contributed by atoms with Gasteiger partial charge < -0.3 is 15.4 Å². The lowest BCUT2D eigenvalue weighted by molar-refractivity contribution is 0.118. The number of aromatic nitrogens is 5. The first-order chi connectivity index (χ1) is 12.1. The molecule has 8 heteroatoms. The average Bonchev–Trinajstić information content (AvgIpc) is 3.19. The minimum atomic E-state index is -0.651. The van der Waals surface area contributed by atoms with Gasteiger partial charge in [0, 0.05) is 30.7 Å². The number of nitrogens with zero attached hydrogens (tertiary/aromatic N) is 4. The second kappa shape index (κ2) is 6.45. The smallest absolute Gasteiger partial charge is 0.326 e. The van der Waals surface area contributed by atoms with Crippen molar-refractivity contribution in [3.8, 4) is 0 Å². The summed E-state index contributed by atoms with van der Waals surface area (Å²) in [6.45, 7) is 3.45. The molecule has 1 aliphatic heterocycles. The van der Waals surface area contributed by atoms with Gasteiger partial charge in [-0.2, -0.15) is 5.10 Å². The highest BCUT2D eigenvalue weighted by Crippen LogP contribution is 2.29. The van der Waals surface area contributed by atoms with Gasteiger partial charge in [0.05, 0.1) is 17.1 Å². The molecule has 0 unspecified atom stereocenters. The van der Waals surface area contributed by atoms with Gasteiger partial charge in [-0.3, -0.25) is 9.25 Å². The third-order valence-electron chi connectivity index (χ3n) is 4.94. The minimum Gasteiger partial charge on any atom is -0.387 e. The van der Waals surface area contributed by atoms with E-state index in [9.17, 15) is 9.90 Å². The molecular weight excluding hydrogens is 320 g/mol. The lowest BCUT2D eigenvalue weighted by Crippen LogP contribution is -2.41. The zero-order valence-electron chi connectivity index (χ0n) is 14.1. The Kier molecular flexibility index (Phi) is 4.14. The molecule has 1 aliphatic rings. The molecule has 3 atom stereocenters. The zero-order valence-corrected chi connectivity index (χ0v) is 14.1. The maximum atomic E-state index is 12.2. The average molecular weight is 342 g/mol. The second-order valence-corrected chi connectivity index (χ2v) is 6.68. The Morgan fingerprint density at radius 3 is 3.16 bits per heavy atom. The van der Waals surface area contributed by atoms with Crippen molar-refractivity contribution >= 4 is 11.0 Å². The summed E-state index contributed by atoms with van der Waals surface area (Å²) in [5.74, 6) is 0. The van der Waals surface area contributed by atoms with Gasteiger partial charge in [-0.1, -0.05) is 12.1 Å². The third-order valence-corrected chi connectivity index (χ3v) is 4.94. The Bertz CT molecular complexity index is 913. The molecule has 0 saturated heterocycles. The van der Waals surface area contributed by atoms with Crippen molar-refractivity contribution < 1.29 is 5.11 Å². The largest absolute Gasteiger partial charge is 0.387 e. The van der Waals surface area contributed by atoms with Crippen molar-refractivity contribution in [2.75, 3.05) is 0 Å². The van der Waals surface area contributed by atoms with Crippen molar-refractivity contribution in [2.24, 2.45) is 0 Å². The third kappa shape index (κ3) is 2.98. The predicted octanol–water partition coefficient (Wildman–Crippen LogP) is 0.795. The lowest BCUT2D eigenvalue weighted by atomic mass is 9.99. The fourth-order valence-electron chi connectivity index (χ4n) is 3.64. The molecule has 132 valence electrons. The van der Waals surface area contributed by atoms with Crippen LogP contribution in [0, 0.1) is 0 Å². The monoisotopic (exact) mass is 342 g/mol. The molecule has 0 radical (unpaired) electrons. The summed E-state index contributed by atoms with van der Waals surface area (Å²) in [5, 5.41) is 18.5. The normalized spacial score (nSPS) is 21.4. The highest BCUT2D eigenvalue weighted by Gasteiger charge is 2.29. The molecule has 0 amide bonds. The maximum Gasteiger partial charge on any atom is 0.326 e. The van der Waals surface area contributed by atoms with Gasteiger partial charge in [0.2, 0.25) is 0 Å². The quantitative estimate of drug-likeness (QED) is 0.637. The Morgan fingerprint density at radius 2 is 2.36 bits per heavy atom. The second-order valence-electron chi connectivity index (χ2n) is 6.68. The fraction of sp³-hybridized carbons (Fsp3) is 0.471. The van der Waals surface area contributed by atoms with E-state index in [1.807, 2.05) is 18.2 Å². The molecule has 3 aromatic rings. The van der Waals surface area contributed by atoms with E-state index >= 15 is 0 Å². The number of H-pyrrole nitrogens is 1. The van der Waals surface area contributed by atoms with Crippen molar-refractivity contribution in [1.82, 2.24) is 29.6 Å². The van der Waals surface area contributed by atoms with Crippen LogP contribution in [0.15, 0.2) is 35.6 Å². The molecule has 3 heterocycles. The Hall–Kier alpha value is -2.45. The zero-order chi connectivity index (χ0) is 17.4. The number of rotatable bonds is 5. The number of aryl methyl sites for hydroxylation is 2. The van der Waals surface area contributed by atoms with Gasteiger partial charge in [0.15, 0.2) is 0 Å². The molecule has 0 bridgehead atoms. The van der Waals surface area contributed by atoms with Crippen LogP contribution in [0.1, 0.15) is 31.4 Å². The summed E-state index contributed by atoms with van der Waals surface area (Å²) in [4.78, 5) is 19.0. The Balaban J connectivity index is 1.51. The van der Waals surface area contributed by atoms with E-state index in [0.29, 0.717) is 13.0 Å². The number of aliphatic hydroxyl groups excluding tert-OH is 1. The first-order valence-electron chi connectivity index (χ1n) is 8.61. The molecule has 0 fully saturated rings. The summed E-state index contributed by atoms with van der Waals surface area (Å²) >= 11 is 0. The number of nitrogens with one attached hydrogen (secondary N) is 2. The summed E-state index contributed by atoms with van der Waals surface area (Å²) in [5.41, 5.74) is 2.28. The number of hydrogen-bond acceptors (Lipinski definition) is 5. The Morgan fingerprint density at radius 1 is 1.48 bits per heavy atom. The van der Waals surface area contributed by atoms with Crippen LogP contribution >= 0.6 is 0 Å². The van der Waals surface area contributed by atoms with Crippen LogP contribution in [0.4, 0.5) is 0 Å². The number of benzene rings is 1. The number of aliphatic hydroxyl groups is 1. The van der Waals surface area contributed by atoms with Crippen molar-refractivity contribution in [1.29, 1.82) is 0 Å². The van der Waals surface area contributed by atoms with Gasteiger partial charge in [-0.05, 0) is 25.8 Å². The van der Waals surface area contributed by atoms with Crippen molar-refractivity contribution in [3.63, 3.8) is 0 Å². The predicted molar refractivity (Wildman–Crippen MR) is 93.2 cm³/mol. The number of para-hydroxylation sites is 1. The van der Waals surface area contributed by atoms with Crippen molar-refractivity contribution in [2.45, 2.75) is 51.0 Å². The van der Waals surface area contributed by atoms with Gasteiger partial charge in [0.25, 0.3) is 0 Å². The summed E-state index contributed by atoms with van der Waals surface area (Å²) in [6, 6.07) is 5.75. The molecule has 25 heavy (non-hydrogen) atoms. The van der Waals surface area contributed by atoms with E-state index < -0.39 is 6.10 Å². The summed E-state index contributed by atoms with van der Waals surface area (Å²) in [6.07, 6.45) is 4.15. The highest BCUT2D eigenvalue weighted by atomic mass is 16.3. The van der Waals surface area contributed by atoms with E-state index in [1.54, 1.807) is 15.6 Å². The van der Waals surface area contributed by atoms with Gasteiger partial charge >= 0.3 is 5.69 Å². The van der Waals surface area contributed by atoms with Crippen LogP contribution in [0.25, 0.3) is 11.0 Å². The molecule has 2 aromatic heterocycles. The SMILES string of the molecule is C[C@H](CCn1cncn1)N[C@@H]1CCn2c(=O)[nH]c3cccc(c32)[C@H]1O. The maximum absolute atomic E-state index is 12.2. The van der Waals surface area contributed by atoms with Crippen LogP contribution in [-0.2, 0) is 13.1 Å². The molecule has 0 saturated carbocycles. The molecule has 0 spiro atoms. The van der Waals surface area contributed by atoms with Crippen LogP contribution in [-0.4, -0.2) is 41.5 Å². The lowest BCUT2D eigenvalue weighted by Gasteiger charge is -2.26. The number of hydrogen-bond donors (Lipinski definition) is 3.